The van der Waals surface area contributed by atoms with E-state index in [9.17, 15) is 0 Å². The first-order valence-electron chi connectivity index (χ1n) is 9.51. The highest BCUT2D eigenvalue weighted by Gasteiger charge is 2.21. The molecule has 2 nitrogen and oxygen atoms in total. The summed E-state index contributed by atoms with van der Waals surface area (Å²) >= 11 is 0. The van der Waals surface area contributed by atoms with Gasteiger partial charge in [0.2, 0.25) is 0 Å². The van der Waals surface area contributed by atoms with Crippen LogP contribution in [0.1, 0.15) is 52.0 Å². The summed E-state index contributed by atoms with van der Waals surface area (Å²) in [5.41, 5.74) is 10.3. The molecule has 0 saturated carbocycles. The van der Waals surface area contributed by atoms with Crippen LogP contribution in [0.3, 0.4) is 0 Å². The van der Waals surface area contributed by atoms with Gasteiger partial charge in [-0.25, -0.2) is 0 Å². The molecular formula is C26H28N2. The fourth-order valence-electron chi connectivity index (χ4n) is 4.18. The van der Waals surface area contributed by atoms with E-state index >= 15 is 0 Å². The zero-order valence-corrected chi connectivity index (χ0v) is 17.1. The maximum absolute atomic E-state index is 4.05. The SMILES string of the molecule is C=Cc1c(C=C)c(C=C)n(C2=Cc3c(/C=C\C)c(C=C)n(C)c3CC=C2)c1C. The Hall–Kier alpha value is -3.26. The summed E-state index contributed by atoms with van der Waals surface area (Å²) in [5.74, 6) is 0. The van der Waals surface area contributed by atoms with Crippen molar-refractivity contribution < 1.29 is 0 Å². The van der Waals surface area contributed by atoms with Crippen LogP contribution in [0, 0.1) is 6.92 Å². The Morgan fingerprint density at radius 2 is 1.61 bits per heavy atom. The molecule has 0 atom stereocenters. The zero-order valence-electron chi connectivity index (χ0n) is 17.1. The molecule has 28 heavy (non-hydrogen) atoms. The Bertz CT molecular complexity index is 1070. The molecule has 0 bridgehead atoms. The average molecular weight is 369 g/mol. The van der Waals surface area contributed by atoms with Gasteiger partial charge in [0.15, 0.2) is 0 Å². The Labute approximate surface area is 168 Å². The minimum atomic E-state index is 0.872. The highest BCUT2D eigenvalue weighted by atomic mass is 15.0. The van der Waals surface area contributed by atoms with Gasteiger partial charge in [0.05, 0.1) is 5.69 Å². The number of aromatic nitrogens is 2. The molecule has 0 fully saturated rings. The van der Waals surface area contributed by atoms with Crippen molar-refractivity contribution in [3.63, 3.8) is 0 Å². The zero-order chi connectivity index (χ0) is 20.4. The van der Waals surface area contributed by atoms with Crippen molar-refractivity contribution >= 4 is 42.2 Å². The van der Waals surface area contributed by atoms with Gasteiger partial charge in [-0.1, -0.05) is 56.7 Å². The van der Waals surface area contributed by atoms with Crippen molar-refractivity contribution in [3.05, 3.63) is 89.6 Å². The summed E-state index contributed by atoms with van der Waals surface area (Å²) in [5, 5.41) is 0. The van der Waals surface area contributed by atoms with E-state index in [0.717, 1.165) is 40.3 Å². The molecule has 0 radical (unpaired) electrons. The van der Waals surface area contributed by atoms with E-state index in [0.29, 0.717) is 0 Å². The molecule has 2 aromatic rings. The van der Waals surface area contributed by atoms with Crippen LogP contribution in [0.25, 0.3) is 42.2 Å². The molecule has 1 aliphatic rings. The number of rotatable bonds is 6. The Morgan fingerprint density at radius 3 is 2.18 bits per heavy atom. The molecule has 0 N–H and O–H groups in total. The summed E-state index contributed by atoms with van der Waals surface area (Å²) in [6.07, 6.45) is 19.4. The van der Waals surface area contributed by atoms with E-state index in [4.69, 9.17) is 0 Å². The molecule has 2 heteroatoms. The van der Waals surface area contributed by atoms with Crippen LogP contribution in [-0.2, 0) is 13.5 Å². The van der Waals surface area contributed by atoms with Crippen molar-refractivity contribution in [1.29, 1.82) is 0 Å². The molecule has 3 rings (SSSR count). The van der Waals surface area contributed by atoms with Gasteiger partial charge in [-0.15, -0.1) is 0 Å². The topological polar surface area (TPSA) is 9.86 Å². The van der Waals surface area contributed by atoms with Gasteiger partial charge >= 0.3 is 0 Å². The summed E-state index contributed by atoms with van der Waals surface area (Å²) in [6, 6.07) is 0. The number of hydrogen-bond acceptors (Lipinski definition) is 0. The van der Waals surface area contributed by atoms with E-state index < -0.39 is 0 Å². The third kappa shape index (κ3) is 2.82. The third-order valence-electron chi connectivity index (χ3n) is 5.45. The fourth-order valence-corrected chi connectivity index (χ4v) is 4.18. The second-order valence-electron chi connectivity index (χ2n) is 6.84. The van der Waals surface area contributed by atoms with Crippen LogP contribution in [0.15, 0.2) is 44.5 Å². The van der Waals surface area contributed by atoms with Crippen molar-refractivity contribution in [1.82, 2.24) is 9.13 Å². The number of hydrogen-bond donors (Lipinski definition) is 0. The Balaban J connectivity index is 2.37. The lowest BCUT2D eigenvalue weighted by atomic mass is 10.1. The largest absolute Gasteiger partial charge is 0.347 e. The van der Waals surface area contributed by atoms with E-state index in [1.54, 1.807) is 0 Å². The lowest BCUT2D eigenvalue weighted by Crippen LogP contribution is -2.00. The third-order valence-corrected chi connectivity index (χ3v) is 5.45. The van der Waals surface area contributed by atoms with Gasteiger partial charge in [-0.3, -0.25) is 0 Å². The molecule has 0 aliphatic heterocycles. The van der Waals surface area contributed by atoms with Gasteiger partial charge < -0.3 is 9.13 Å². The minimum absolute atomic E-state index is 0.872. The van der Waals surface area contributed by atoms with Gasteiger partial charge in [0, 0.05) is 58.5 Å². The van der Waals surface area contributed by atoms with E-state index in [1.165, 1.54) is 16.8 Å². The summed E-state index contributed by atoms with van der Waals surface area (Å²) in [6.45, 7) is 20.2. The predicted molar refractivity (Wildman–Crippen MR) is 127 cm³/mol. The van der Waals surface area contributed by atoms with Crippen LogP contribution in [0.5, 0.6) is 0 Å². The fraction of sp³-hybridized carbons (Fsp3) is 0.154. The van der Waals surface area contributed by atoms with Crippen molar-refractivity contribution in [2.24, 2.45) is 7.05 Å². The monoisotopic (exact) mass is 368 g/mol. The maximum atomic E-state index is 4.05. The lowest BCUT2D eigenvalue weighted by molar-refractivity contribution is 0.847. The van der Waals surface area contributed by atoms with Crippen LogP contribution in [0.4, 0.5) is 0 Å². The predicted octanol–water partition coefficient (Wildman–Crippen LogP) is 6.85. The molecular weight excluding hydrogens is 340 g/mol. The molecule has 2 heterocycles. The van der Waals surface area contributed by atoms with Crippen LogP contribution >= 0.6 is 0 Å². The maximum Gasteiger partial charge on any atom is 0.0531 e. The van der Waals surface area contributed by atoms with E-state index in [-0.39, 0.29) is 0 Å². The van der Waals surface area contributed by atoms with Gasteiger partial charge in [0.1, 0.15) is 0 Å². The van der Waals surface area contributed by atoms with Crippen molar-refractivity contribution in [2.75, 3.05) is 0 Å². The lowest BCUT2D eigenvalue weighted by Gasteiger charge is -2.11. The van der Waals surface area contributed by atoms with Crippen molar-refractivity contribution in [2.45, 2.75) is 20.3 Å². The summed E-state index contributed by atoms with van der Waals surface area (Å²) in [4.78, 5) is 0. The second-order valence-corrected chi connectivity index (χ2v) is 6.84. The molecule has 0 spiro atoms. The highest BCUT2D eigenvalue weighted by molar-refractivity contribution is 5.88. The average Bonchev–Trinajstić information content (AvgIpc) is 2.99. The number of fused-ring (bicyclic) bond motifs is 1. The molecule has 0 amide bonds. The quantitative estimate of drug-likeness (QED) is 0.527. The number of nitrogens with zero attached hydrogens (tertiary/aromatic N) is 2. The highest BCUT2D eigenvalue weighted by Crippen LogP contribution is 2.34. The molecule has 2 aromatic heterocycles. The Kier molecular flexibility index (Phi) is 5.41. The van der Waals surface area contributed by atoms with Gasteiger partial charge in [-0.05, 0) is 38.2 Å². The van der Waals surface area contributed by atoms with E-state index in [2.05, 4.69) is 79.8 Å². The normalized spacial score (nSPS) is 13.2. The summed E-state index contributed by atoms with van der Waals surface area (Å²) < 4.78 is 4.48. The first-order chi connectivity index (χ1) is 13.5. The summed E-state index contributed by atoms with van der Waals surface area (Å²) in [7, 11) is 2.11. The molecule has 142 valence electrons. The number of allylic oxidation sites excluding steroid dienone is 4. The first-order valence-corrected chi connectivity index (χ1v) is 9.51. The van der Waals surface area contributed by atoms with Crippen LogP contribution in [-0.4, -0.2) is 9.13 Å². The van der Waals surface area contributed by atoms with Crippen LogP contribution < -0.4 is 0 Å². The van der Waals surface area contributed by atoms with Crippen LogP contribution in [0.2, 0.25) is 0 Å². The molecule has 1 aliphatic carbocycles. The van der Waals surface area contributed by atoms with E-state index in [1.807, 2.05) is 31.2 Å². The Morgan fingerprint density at radius 1 is 0.929 bits per heavy atom. The van der Waals surface area contributed by atoms with Crippen molar-refractivity contribution in [3.8, 4) is 0 Å². The molecule has 0 saturated heterocycles. The molecule has 0 unspecified atom stereocenters. The molecule has 0 aromatic carbocycles. The minimum Gasteiger partial charge on any atom is -0.347 e. The smallest absolute Gasteiger partial charge is 0.0531 e. The standard InChI is InChI=1S/C26H28N2/c1-8-14-22-23-17-19(15-13-16-26(23)27(7)24(22)11-4)28-18(6)20(9-2)21(10-3)25(28)12-5/h8-15,17H,2-5,16H2,1,6-7H3/b14-8-. The first kappa shape index (κ1) is 19.5. The van der Waals surface area contributed by atoms with Gasteiger partial charge in [-0.2, -0.15) is 0 Å². The van der Waals surface area contributed by atoms with Gasteiger partial charge in [0.25, 0.3) is 0 Å². The second kappa shape index (κ2) is 7.77.